The van der Waals surface area contributed by atoms with Gasteiger partial charge in [-0.05, 0) is 38.4 Å². The Kier molecular flexibility index (Phi) is 5.84. The highest BCUT2D eigenvalue weighted by molar-refractivity contribution is 7.98. The SMILES string of the molecule is CCC(CSC)NCC1CCC2(CCCCC2)O1. The van der Waals surface area contributed by atoms with E-state index in [4.69, 9.17) is 4.74 Å². The van der Waals surface area contributed by atoms with Crippen molar-refractivity contribution in [2.75, 3.05) is 18.6 Å². The van der Waals surface area contributed by atoms with Crippen molar-refractivity contribution in [1.82, 2.24) is 5.32 Å². The Morgan fingerprint density at radius 1 is 1.28 bits per heavy atom. The third-order valence-corrected chi connectivity index (χ3v) is 5.33. The topological polar surface area (TPSA) is 21.3 Å². The molecule has 1 N–H and O–H groups in total. The van der Waals surface area contributed by atoms with Gasteiger partial charge in [0.25, 0.3) is 0 Å². The maximum atomic E-state index is 6.39. The van der Waals surface area contributed by atoms with Crippen molar-refractivity contribution in [3.05, 3.63) is 0 Å². The van der Waals surface area contributed by atoms with E-state index < -0.39 is 0 Å². The zero-order valence-corrected chi connectivity index (χ0v) is 12.9. The first kappa shape index (κ1) is 14.7. The van der Waals surface area contributed by atoms with Gasteiger partial charge < -0.3 is 10.1 Å². The van der Waals surface area contributed by atoms with Crippen LogP contribution in [0.25, 0.3) is 0 Å². The molecule has 3 heteroatoms. The van der Waals surface area contributed by atoms with E-state index in [-0.39, 0.29) is 5.60 Å². The van der Waals surface area contributed by atoms with E-state index in [1.807, 2.05) is 11.8 Å². The molecule has 106 valence electrons. The van der Waals surface area contributed by atoms with E-state index >= 15 is 0 Å². The van der Waals surface area contributed by atoms with Crippen LogP contribution in [0.15, 0.2) is 0 Å². The first-order valence-electron chi connectivity index (χ1n) is 7.68. The minimum Gasteiger partial charge on any atom is -0.370 e. The van der Waals surface area contributed by atoms with Crippen molar-refractivity contribution in [2.24, 2.45) is 0 Å². The van der Waals surface area contributed by atoms with Crippen LogP contribution in [0.2, 0.25) is 0 Å². The lowest BCUT2D eigenvalue weighted by Gasteiger charge is -2.33. The summed E-state index contributed by atoms with van der Waals surface area (Å²) < 4.78 is 6.39. The van der Waals surface area contributed by atoms with E-state index in [0.29, 0.717) is 12.1 Å². The minimum atomic E-state index is 0.284. The molecule has 2 unspecified atom stereocenters. The largest absolute Gasteiger partial charge is 0.370 e. The van der Waals surface area contributed by atoms with E-state index in [9.17, 15) is 0 Å². The van der Waals surface area contributed by atoms with Crippen molar-refractivity contribution in [3.8, 4) is 0 Å². The predicted molar refractivity (Wildman–Crippen MR) is 80.4 cm³/mol. The molecule has 2 rings (SSSR count). The second-order valence-corrected chi connectivity index (χ2v) is 6.90. The van der Waals surface area contributed by atoms with Crippen LogP contribution in [0, 0.1) is 0 Å². The lowest BCUT2D eigenvalue weighted by atomic mass is 9.83. The highest BCUT2D eigenvalue weighted by Crippen LogP contribution is 2.41. The maximum absolute atomic E-state index is 6.39. The Hall–Kier alpha value is 0.270. The van der Waals surface area contributed by atoms with E-state index in [2.05, 4.69) is 18.5 Å². The summed E-state index contributed by atoms with van der Waals surface area (Å²) in [6.45, 7) is 3.33. The average molecular weight is 271 g/mol. The lowest BCUT2D eigenvalue weighted by molar-refractivity contribution is -0.0628. The lowest BCUT2D eigenvalue weighted by Crippen LogP contribution is -2.39. The first-order valence-corrected chi connectivity index (χ1v) is 9.07. The molecule has 1 aliphatic carbocycles. The van der Waals surface area contributed by atoms with Gasteiger partial charge in [0.05, 0.1) is 11.7 Å². The van der Waals surface area contributed by atoms with Gasteiger partial charge in [0.1, 0.15) is 0 Å². The summed E-state index contributed by atoms with van der Waals surface area (Å²) in [6.07, 6.45) is 13.2. The van der Waals surface area contributed by atoms with Gasteiger partial charge in [-0.2, -0.15) is 11.8 Å². The number of thioether (sulfide) groups is 1. The van der Waals surface area contributed by atoms with Crippen LogP contribution >= 0.6 is 11.8 Å². The summed E-state index contributed by atoms with van der Waals surface area (Å²) in [5.74, 6) is 1.22. The first-order chi connectivity index (χ1) is 8.78. The summed E-state index contributed by atoms with van der Waals surface area (Å²) in [4.78, 5) is 0. The Balaban J connectivity index is 1.72. The molecule has 0 aromatic heterocycles. The Labute approximate surface area is 117 Å². The van der Waals surface area contributed by atoms with Gasteiger partial charge in [0.2, 0.25) is 0 Å². The predicted octanol–water partition coefficient (Wildman–Crippen LogP) is 3.60. The zero-order valence-electron chi connectivity index (χ0n) is 12.0. The number of hydrogen-bond acceptors (Lipinski definition) is 3. The molecular weight excluding hydrogens is 242 g/mol. The van der Waals surface area contributed by atoms with Crippen molar-refractivity contribution in [3.63, 3.8) is 0 Å². The maximum Gasteiger partial charge on any atom is 0.0708 e. The van der Waals surface area contributed by atoms with E-state index in [1.54, 1.807) is 0 Å². The van der Waals surface area contributed by atoms with Crippen LogP contribution in [0.1, 0.15) is 58.3 Å². The van der Waals surface area contributed by atoms with Gasteiger partial charge in [0, 0.05) is 18.3 Å². The highest BCUT2D eigenvalue weighted by Gasteiger charge is 2.40. The van der Waals surface area contributed by atoms with Crippen molar-refractivity contribution in [1.29, 1.82) is 0 Å². The molecule has 1 spiro atoms. The average Bonchev–Trinajstić information content (AvgIpc) is 2.78. The molecular formula is C15H29NOS. The molecule has 2 atom stereocenters. The van der Waals surface area contributed by atoms with Gasteiger partial charge >= 0.3 is 0 Å². The van der Waals surface area contributed by atoms with E-state index in [0.717, 1.165) is 6.54 Å². The Morgan fingerprint density at radius 3 is 2.72 bits per heavy atom. The summed E-state index contributed by atoms with van der Waals surface area (Å²) >= 11 is 1.94. The smallest absolute Gasteiger partial charge is 0.0708 e. The van der Waals surface area contributed by atoms with Gasteiger partial charge in [-0.3, -0.25) is 0 Å². The number of nitrogens with one attached hydrogen (secondary N) is 1. The fourth-order valence-electron chi connectivity index (χ4n) is 3.42. The van der Waals surface area contributed by atoms with Gasteiger partial charge in [-0.1, -0.05) is 26.2 Å². The van der Waals surface area contributed by atoms with Gasteiger partial charge in [0.15, 0.2) is 0 Å². The molecule has 1 aliphatic heterocycles. The zero-order chi connectivity index (χ0) is 12.8. The standard InChI is InChI=1S/C15H29NOS/c1-3-13(12-18-2)16-11-14-7-10-15(17-14)8-5-4-6-9-15/h13-14,16H,3-12H2,1-2H3. The number of rotatable bonds is 6. The number of ether oxygens (including phenoxy) is 1. The third-order valence-electron chi connectivity index (χ3n) is 4.60. The van der Waals surface area contributed by atoms with Crippen molar-refractivity contribution >= 4 is 11.8 Å². The molecule has 1 saturated heterocycles. The normalized spacial score (nSPS) is 28.7. The van der Waals surface area contributed by atoms with Crippen LogP contribution in [-0.4, -0.2) is 36.3 Å². The van der Waals surface area contributed by atoms with Crippen LogP contribution in [-0.2, 0) is 4.74 Å². The van der Waals surface area contributed by atoms with Crippen molar-refractivity contribution in [2.45, 2.75) is 76.0 Å². The molecule has 0 aromatic rings. The Bertz CT molecular complexity index is 241. The fourth-order valence-corrected chi connectivity index (χ4v) is 4.18. The molecule has 0 bridgehead atoms. The second-order valence-electron chi connectivity index (χ2n) is 5.99. The quantitative estimate of drug-likeness (QED) is 0.797. The molecule has 2 aliphatic rings. The molecule has 2 fully saturated rings. The summed E-state index contributed by atoms with van der Waals surface area (Å²) in [6, 6.07) is 0.659. The van der Waals surface area contributed by atoms with Crippen LogP contribution < -0.4 is 5.32 Å². The van der Waals surface area contributed by atoms with Crippen LogP contribution in [0.3, 0.4) is 0 Å². The van der Waals surface area contributed by atoms with Crippen LogP contribution in [0.5, 0.6) is 0 Å². The molecule has 0 amide bonds. The molecule has 0 radical (unpaired) electrons. The summed E-state index contributed by atoms with van der Waals surface area (Å²) in [7, 11) is 0. The van der Waals surface area contributed by atoms with Crippen LogP contribution in [0.4, 0.5) is 0 Å². The summed E-state index contributed by atoms with van der Waals surface area (Å²) in [5, 5.41) is 3.69. The van der Waals surface area contributed by atoms with Crippen molar-refractivity contribution < 1.29 is 4.74 Å². The minimum absolute atomic E-state index is 0.284. The second kappa shape index (κ2) is 7.16. The van der Waals surface area contributed by atoms with Gasteiger partial charge in [-0.15, -0.1) is 0 Å². The Morgan fingerprint density at radius 2 is 2.06 bits per heavy atom. The molecule has 2 nitrogen and oxygen atoms in total. The van der Waals surface area contributed by atoms with E-state index in [1.165, 1.54) is 57.1 Å². The highest BCUT2D eigenvalue weighted by atomic mass is 32.2. The summed E-state index contributed by atoms with van der Waals surface area (Å²) in [5.41, 5.74) is 0.284. The third kappa shape index (κ3) is 3.88. The van der Waals surface area contributed by atoms with Gasteiger partial charge in [-0.25, -0.2) is 0 Å². The molecule has 1 heterocycles. The monoisotopic (exact) mass is 271 g/mol. The molecule has 1 saturated carbocycles. The number of hydrogen-bond donors (Lipinski definition) is 1. The molecule has 0 aromatic carbocycles. The molecule has 18 heavy (non-hydrogen) atoms. The fraction of sp³-hybridized carbons (Fsp3) is 1.00.